The number of aromatic amines is 1. The Morgan fingerprint density at radius 2 is 1.88 bits per heavy atom. The lowest BCUT2D eigenvalue weighted by atomic mass is 9.97. The third-order valence-electron chi connectivity index (χ3n) is 5.69. The van der Waals surface area contributed by atoms with Crippen molar-refractivity contribution in [2.45, 2.75) is 38.6 Å². The summed E-state index contributed by atoms with van der Waals surface area (Å²) < 4.78 is 1.48. The normalized spacial score (nSPS) is 12.8. The first-order chi connectivity index (χ1) is 15.5. The van der Waals surface area contributed by atoms with Crippen LogP contribution in [0.4, 0.5) is 0 Å². The molecule has 164 valence electrons. The smallest absolute Gasteiger partial charge is 0.328 e. The molecule has 0 spiro atoms. The lowest BCUT2D eigenvalue weighted by Gasteiger charge is -2.19. The Morgan fingerprint density at radius 3 is 2.69 bits per heavy atom. The average molecular weight is 432 g/mol. The standard InChI is InChI=1S/C24H24N4O4/c29-21(17-6-3-5-16(13-17)18-7-4-11-25-14-18)15-26-22(30)10-12-28-20-9-2-1-8-19(20)23(31)27-24(28)32/h3-7,11,13-14H,1-2,8-10,12,15H2,(H,26,30)(H,27,31,32). The minimum Gasteiger partial charge on any atom is -0.349 e. The molecule has 8 nitrogen and oxygen atoms in total. The van der Waals surface area contributed by atoms with Crippen LogP contribution in [-0.4, -0.2) is 32.8 Å². The molecule has 1 aliphatic rings. The molecule has 4 rings (SSSR count). The number of aromatic nitrogens is 3. The Labute approximate surface area is 184 Å². The highest BCUT2D eigenvalue weighted by Gasteiger charge is 2.19. The molecule has 2 heterocycles. The number of ketones is 1. The summed E-state index contributed by atoms with van der Waals surface area (Å²) in [4.78, 5) is 55.6. The molecular formula is C24H24N4O4. The van der Waals surface area contributed by atoms with Crippen LogP contribution in [0.15, 0.2) is 58.4 Å². The van der Waals surface area contributed by atoms with Crippen LogP contribution in [0.2, 0.25) is 0 Å². The number of carbonyl (C=O) groups excluding carboxylic acids is 2. The number of rotatable bonds is 7. The molecule has 2 N–H and O–H groups in total. The van der Waals surface area contributed by atoms with Gasteiger partial charge < -0.3 is 5.32 Å². The first kappa shape index (κ1) is 21.4. The van der Waals surface area contributed by atoms with Gasteiger partial charge in [-0.05, 0) is 43.4 Å². The molecule has 0 saturated carbocycles. The fraction of sp³-hybridized carbons (Fsp3) is 0.292. The molecular weight excluding hydrogens is 408 g/mol. The van der Waals surface area contributed by atoms with Crippen molar-refractivity contribution in [3.63, 3.8) is 0 Å². The fourth-order valence-corrected chi connectivity index (χ4v) is 4.02. The van der Waals surface area contributed by atoms with Gasteiger partial charge in [-0.25, -0.2) is 4.79 Å². The van der Waals surface area contributed by atoms with Crippen LogP contribution in [-0.2, 0) is 24.2 Å². The molecule has 3 aromatic rings. The van der Waals surface area contributed by atoms with E-state index in [0.717, 1.165) is 29.7 Å². The SMILES string of the molecule is O=C(CCn1c2c(c(=O)[nH]c1=O)CCCC2)NCC(=O)c1cccc(-c2cccnc2)c1. The van der Waals surface area contributed by atoms with Crippen molar-refractivity contribution in [2.24, 2.45) is 0 Å². The van der Waals surface area contributed by atoms with Crippen molar-refractivity contribution in [3.05, 3.63) is 86.5 Å². The van der Waals surface area contributed by atoms with Gasteiger partial charge in [0.05, 0.1) is 6.54 Å². The van der Waals surface area contributed by atoms with E-state index in [4.69, 9.17) is 0 Å². The number of Topliss-reactive ketones (excluding diaryl/α,β-unsaturated/α-hetero) is 1. The maximum Gasteiger partial charge on any atom is 0.328 e. The molecule has 0 unspecified atom stereocenters. The van der Waals surface area contributed by atoms with Gasteiger partial charge in [0.1, 0.15) is 0 Å². The number of pyridine rings is 1. The van der Waals surface area contributed by atoms with Gasteiger partial charge in [-0.2, -0.15) is 0 Å². The van der Waals surface area contributed by atoms with Crippen LogP contribution in [0.3, 0.4) is 0 Å². The number of nitrogens with zero attached hydrogens (tertiary/aromatic N) is 2. The van der Waals surface area contributed by atoms with Crippen molar-refractivity contribution in [3.8, 4) is 11.1 Å². The van der Waals surface area contributed by atoms with Crippen molar-refractivity contribution in [2.75, 3.05) is 6.54 Å². The number of H-pyrrole nitrogens is 1. The average Bonchev–Trinajstić information content (AvgIpc) is 2.83. The summed E-state index contributed by atoms with van der Waals surface area (Å²) in [6.07, 6.45) is 6.58. The number of hydrogen-bond acceptors (Lipinski definition) is 5. The topological polar surface area (TPSA) is 114 Å². The van der Waals surface area contributed by atoms with E-state index in [2.05, 4.69) is 15.3 Å². The summed E-state index contributed by atoms with van der Waals surface area (Å²) in [5.74, 6) is -0.535. The van der Waals surface area contributed by atoms with Gasteiger partial charge in [0.2, 0.25) is 5.91 Å². The van der Waals surface area contributed by atoms with Crippen LogP contribution in [0.1, 0.15) is 40.9 Å². The molecule has 2 aromatic heterocycles. The van der Waals surface area contributed by atoms with Gasteiger partial charge in [-0.1, -0.05) is 24.3 Å². The summed E-state index contributed by atoms with van der Waals surface area (Å²) in [7, 11) is 0. The zero-order chi connectivity index (χ0) is 22.5. The monoisotopic (exact) mass is 432 g/mol. The number of nitrogens with one attached hydrogen (secondary N) is 2. The van der Waals surface area contributed by atoms with E-state index in [1.807, 2.05) is 18.2 Å². The third kappa shape index (κ3) is 4.74. The molecule has 32 heavy (non-hydrogen) atoms. The molecule has 1 aliphatic carbocycles. The second kappa shape index (κ2) is 9.55. The van der Waals surface area contributed by atoms with E-state index in [1.165, 1.54) is 4.57 Å². The van der Waals surface area contributed by atoms with E-state index >= 15 is 0 Å². The second-order valence-electron chi connectivity index (χ2n) is 7.82. The van der Waals surface area contributed by atoms with Crippen molar-refractivity contribution < 1.29 is 9.59 Å². The number of amides is 1. The Morgan fingerprint density at radius 1 is 1.06 bits per heavy atom. The van der Waals surface area contributed by atoms with Gasteiger partial charge in [-0.15, -0.1) is 0 Å². The molecule has 0 saturated heterocycles. The van der Waals surface area contributed by atoms with Crippen molar-refractivity contribution in [1.82, 2.24) is 19.9 Å². The predicted octanol–water partition coefficient (Wildman–Crippen LogP) is 1.87. The van der Waals surface area contributed by atoms with E-state index in [9.17, 15) is 19.2 Å². The maximum absolute atomic E-state index is 12.6. The van der Waals surface area contributed by atoms with E-state index in [0.29, 0.717) is 24.0 Å². The first-order valence-corrected chi connectivity index (χ1v) is 10.7. The minimum absolute atomic E-state index is 0.0431. The Hall–Kier alpha value is -3.81. The highest BCUT2D eigenvalue weighted by atomic mass is 16.2. The van der Waals surface area contributed by atoms with E-state index < -0.39 is 5.69 Å². The quantitative estimate of drug-likeness (QED) is 0.553. The van der Waals surface area contributed by atoms with Gasteiger partial charge in [0, 0.05) is 47.7 Å². The van der Waals surface area contributed by atoms with Crippen LogP contribution in [0.5, 0.6) is 0 Å². The Kier molecular flexibility index (Phi) is 6.39. The fourth-order valence-electron chi connectivity index (χ4n) is 4.02. The molecule has 0 aliphatic heterocycles. The highest BCUT2D eigenvalue weighted by Crippen LogP contribution is 2.19. The zero-order valence-electron chi connectivity index (χ0n) is 17.6. The van der Waals surface area contributed by atoms with E-state index in [-0.39, 0.29) is 36.8 Å². The van der Waals surface area contributed by atoms with Crippen molar-refractivity contribution >= 4 is 11.7 Å². The zero-order valence-corrected chi connectivity index (χ0v) is 17.6. The molecule has 0 bridgehead atoms. The largest absolute Gasteiger partial charge is 0.349 e. The van der Waals surface area contributed by atoms with Crippen LogP contribution < -0.4 is 16.6 Å². The summed E-state index contributed by atoms with van der Waals surface area (Å²) >= 11 is 0. The number of carbonyl (C=O) groups is 2. The highest BCUT2D eigenvalue weighted by molar-refractivity contribution is 6.00. The van der Waals surface area contributed by atoms with E-state index in [1.54, 1.807) is 30.6 Å². The second-order valence-corrected chi connectivity index (χ2v) is 7.82. The molecule has 0 radical (unpaired) electrons. The van der Waals surface area contributed by atoms with Gasteiger partial charge in [0.25, 0.3) is 5.56 Å². The minimum atomic E-state index is -0.494. The number of hydrogen-bond donors (Lipinski definition) is 2. The third-order valence-corrected chi connectivity index (χ3v) is 5.69. The lowest BCUT2D eigenvalue weighted by molar-refractivity contribution is -0.121. The van der Waals surface area contributed by atoms with Crippen LogP contribution in [0, 0.1) is 0 Å². The molecule has 8 heteroatoms. The Bertz CT molecular complexity index is 1260. The molecule has 0 fully saturated rings. The van der Waals surface area contributed by atoms with Gasteiger partial charge in [0.15, 0.2) is 5.78 Å². The summed E-state index contributed by atoms with van der Waals surface area (Å²) in [6, 6.07) is 10.9. The van der Waals surface area contributed by atoms with Crippen LogP contribution in [0.25, 0.3) is 11.1 Å². The molecule has 1 amide bonds. The molecule has 1 aromatic carbocycles. The predicted molar refractivity (Wildman–Crippen MR) is 120 cm³/mol. The van der Waals surface area contributed by atoms with Crippen LogP contribution >= 0.6 is 0 Å². The summed E-state index contributed by atoms with van der Waals surface area (Å²) in [5, 5.41) is 2.63. The first-order valence-electron chi connectivity index (χ1n) is 10.7. The molecule has 0 atom stereocenters. The maximum atomic E-state index is 12.6. The van der Waals surface area contributed by atoms with Gasteiger partial charge in [-0.3, -0.25) is 28.9 Å². The van der Waals surface area contributed by atoms with Crippen molar-refractivity contribution in [1.29, 1.82) is 0 Å². The summed E-state index contributed by atoms with van der Waals surface area (Å²) in [6.45, 7) is 0.0302. The number of benzene rings is 1. The van der Waals surface area contributed by atoms with Gasteiger partial charge >= 0.3 is 5.69 Å². The summed E-state index contributed by atoms with van der Waals surface area (Å²) in [5.41, 5.74) is 2.81. The number of fused-ring (bicyclic) bond motifs is 1. The lowest BCUT2D eigenvalue weighted by Crippen LogP contribution is -2.38. The Balaban J connectivity index is 1.37.